The van der Waals surface area contributed by atoms with Crippen LogP contribution in [-0.2, 0) is 5.41 Å². The summed E-state index contributed by atoms with van der Waals surface area (Å²) >= 11 is 0. The van der Waals surface area contributed by atoms with Crippen LogP contribution >= 0.6 is 0 Å². The molecule has 0 bridgehead atoms. The summed E-state index contributed by atoms with van der Waals surface area (Å²) in [4.78, 5) is 0. The van der Waals surface area contributed by atoms with Gasteiger partial charge >= 0.3 is 0 Å². The molecule has 0 aliphatic heterocycles. The largest absolute Gasteiger partial charge is 0.207 e. The lowest BCUT2D eigenvalue weighted by Gasteiger charge is -2.36. The molecule has 1 atom stereocenters. The number of rotatable bonds is 2. The van der Waals surface area contributed by atoms with Crippen molar-refractivity contribution in [1.82, 2.24) is 0 Å². The van der Waals surface area contributed by atoms with Gasteiger partial charge in [0.2, 0.25) is 0 Å². The molecule has 2 aliphatic carbocycles. The number of hydrogen-bond acceptors (Lipinski definition) is 0. The van der Waals surface area contributed by atoms with Gasteiger partial charge < -0.3 is 0 Å². The van der Waals surface area contributed by atoms with Crippen LogP contribution in [0.3, 0.4) is 0 Å². The van der Waals surface area contributed by atoms with Crippen LogP contribution in [0.1, 0.15) is 29.5 Å². The monoisotopic (exact) mass is 338 g/mol. The number of hydrogen-bond donors (Lipinski definition) is 0. The van der Waals surface area contributed by atoms with Gasteiger partial charge in [-0.3, -0.25) is 0 Å². The molecule has 0 fully saturated rings. The van der Waals surface area contributed by atoms with Crippen LogP contribution in [-0.4, -0.2) is 0 Å². The summed E-state index contributed by atoms with van der Waals surface area (Å²) in [5.74, 6) is -0.177. The minimum absolute atomic E-state index is 0.177. The van der Waals surface area contributed by atoms with Crippen LogP contribution in [0.5, 0.6) is 0 Å². The molecule has 0 radical (unpaired) electrons. The van der Waals surface area contributed by atoms with Crippen LogP contribution in [0.2, 0.25) is 0 Å². The topological polar surface area (TPSA) is 0 Å². The summed E-state index contributed by atoms with van der Waals surface area (Å²) in [5, 5.41) is 0. The Bertz CT molecular complexity index is 1040. The maximum atomic E-state index is 14.4. The molecule has 0 heterocycles. The number of benzene rings is 3. The van der Waals surface area contributed by atoms with E-state index in [4.69, 9.17) is 0 Å². The Morgan fingerprint density at radius 2 is 1.54 bits per heavy atom. The van der Waals surface area contributed by atoms with Gasteiger partial charge in [0.15, 0.2) is 0 Å². The van der Waals surface area contributed by atoms with E-state index in [-0.39, 0.29) is 5.82 Å². The third-order valence-electron chi connectivity index (χ3n) is 5.71. The summed E-state index contributed by atoms with van der Waals surface area (Å²) in [7, 11) is 0. The highest BCUT2D eigenvalue weighted by atomic mass is 19.1. The van der Waals surface area contributed by atoms with Crippen LogP contribution in [0.15, 0.2) is 96.6 Å². The average Bonchev–Trinajstić information content (AvgIpc) is 3.00. The Morgan fingerprint density at radius 3 is 2.35 bits per heavy atom. The Kier molecular flexibility index (Phi) is 3.43. The first kappa shape index (κ1) is 15.3. The van der Waals surface area contributed by atoms with Crippen molar-refractivity contribution in [2.45, 2.75) is 18.3 Å². The number of allylic oxidation sites excluding steroid dienone is 4. The smallest absolute Gasteiger partial charge is 0.123 e. The second kappa shape index (κ2) is 5.81. The summed E-state index contributed by atoms with van der Waals surface area (Å²) in [5.41, 5.74) is 6.80. The molecule has 26 heavy (non-hydrogen) atoms. The van der Waals surface area contributed by atoms with Crippen molar-refractivity contribution in [1.29, 1.82) is 0 Å². The van der Waals surface area contributed by atoms with E-state index in [1.165, 1.54) is 22.3 Å². The highest BCUT2D eigenvalue weighted by Crippen LogP contribution is 2.57. The Balaban J connectivity index is 1.95. The number of fused-ring (bicyclic) bond motifs is 3. The Labute approximate surface area is 153 Å². The van der Waals surface area contributed by atoms with Crippen LogP contribution < -0.4 is 0 Å². The van der Waals surface area contributed by atoms with E-state index in [2.05, 4.69) is 66.8 Å². The van der Waals surface area contributed by atoms with Gasteiger partial charge in [0.1, 0.15) is 5.82 Å². The van der Waals surface area contributed by atoms with Gasteiger partial charge in [-0.1, -0.05) is 84.5 Å². The molecule has 0 spiro atoms. The lowest BCUT2D eigenvalue weighted by Crippen LogP contribution is -2.30. The highest BCUT2D eigenvalue weighted by molar-refractivity contribution is 5.86. The lowest BCUT2D eigenvalue weighted by molar-refractivity contribution is 0.618. The SMILES string of the molecule is Fc1ccc2c(c1)C(C1=CC=CCC1)(c1ccccc1)c1ccccc1-2. The van der Waals surface area contributed by atoms with E-state index in [0.717, 1.165) is 24.0 Å². The first-order valence-electron chi connectivity index (χ1n) is 9.13. The van der Waals surface area contributed by atoms with Gasteiger partial charge in [-0.2, -0.15) is 0 Å². The molecule has 1 heteroatoms. The molecule has 0 saturated carbocycles. The summed E-state index contributed by atoms with van der Waals surface area (Å²) in [6, 6.07) is 24.3. The second-order valence-electron chi connectivity index (χ2n) is 7.01. The normalized spacial score (nSPS) is 20.4. The van der Waals surface area contributed by atoms with Crippen molar-refractivity contribution in [3.63, 3.8) is 0 Å². The van der Waals surface area contributed by atoms with Crippen LogP contribution in [0.25, 0.3) is 11.1 Å². The molecular weight excluding hydrogens is 319 g/mol. The zero-order chi connectivity index (χ0) is 17.6. The van der Waals surface area contributed by atoms with E-state index < -0.39 is 5.41 Å². The molecule has 5 rings (SSSR count). The summed E-state index contributed by atoms with van der Waals surface area (Å²) in [6.07, 6.45) is 8.58. The molecular formula is C25H19F. The second-order valence-corrected chi connectivity index (χ2v) is 7.01. The quantitative estimate of drug-likeness (QED) is 0.506. The van der Waals surface area contributed by atoms with Gasteiger partial charge in [-0.15, -0.1) is 0 Å². The summed E-state index contributed by atoms with van der Waals surface area (Å²) in [6.45, 7) is 0. The van der Waals surface area contributed by atoms with Crippen LogP contribution in [0, 0.1) is 5.82 Å². The fraction of sp³-hybridized carbons (Fsp3) is 0.120. The van der Waals surface area contributed by atoms with Crippen molar-refractivity contribution >= 4 is 0 Å². The van der Waals surface area contributed by atoms with E-state index >= 15 is 0 Å². The third kappa shape index (κ3) is 2.00. The number of halogens is 1. The van der Waals surface area contributed by atoms with Gasteiger partial charge in [0, 0.05) is 0 Å². The molecule has 2 aliphatic rings. The predicted octanol–water partition coefficient (Wildman–Crippen LogP) is 6.42. The zero-order valence-corrected chi connectivity index (χ0v) is 14.5. The van der Waals surface area contributed by atoms with Crippen molar-refractivity contribution in [2.24, 2.45) is 0 Å². The maximum absolute atomic E-state index is 14.4. The molecule has 3 aromatic carbocycles. The molecule has 0 N–H and O–H groups in total. The van der Waals surface area contributed by atoms with Gasteiger partial charge in [0.05, 0.1) is 5.41 Å². The molecule has 3 aromatic rings. The molecule has 1 unspecified atom stereocenters. The van der Waals surface area contributed by atoms with Gasteiger partial charge in [-0.25, -0.2) is 4.39 Å². The minimum Gasteiger partial charge on any atom is -0.207 e. The minimum atomic E-state index is -0.417. The average molecular weight is 338 g/mol. The van der Waals surface area contributed by atoms with Crippen molar-refractivity contribution in [3.8, 4) is 11.1 Å². The molecule has 0 nitrogen and oxygen atoms in total. The first-order valence-corrected chi connectivity index (χ1v) is 9.13. The first-order chi connectivity index (χ1) is 12.8. The van der Waals surface area contributed by atoms with Crippen molar-refractivity contribution in [2.75, 3.05) is 0 Å². The Morgan fingerprint density at radius 1 is 0.769 bits per heavy atom. The van der Waals surface area contributed by atoms with E-state index in [1.807, 2.05) is 12.1 Å². The zero-order valence-electron chi connectivity index (χ0n) is 14.5. The Hall–Kier alpha value is -2.93. The molecule has 0 aromatic heterocycles. The predicted molar refractivity (Wildman–Crippen MR) is 105 cm³/mol. The lowest BCUT2D eigenvalue weighted by atomic mass is 9.65. The third-order valence-corrected chi connectivity index (χ3v) is 5.71. The van der Waals surface area contributed by atoms with Crippen molar-refractivity contribution < 1.29 is 4.39 Å². The molecule has 0 amide bonds. The fourth-order valence-electron chi connectivity index (χ4n) is 4.70. The maximum Gasteiger partial charge on any atom is 0.123 e. The molecule has 0 saturated heterocycles. The summed E-state index contributed by atoms with van der Waals surface area (Å²) < 4.78 is 14.4. The molecule has 126 valence electrons. The fourth-order valence-corrected chi connectivity index (χ4v) is 4.70. The van der Waals surface area contributed by atoms with Gasteiger partial charge in [0.25, 0.3) is 0 Å². The highest BCUT2D eigenvalue weighted by Gasteiger charge is 2.47. The van der Waals surface area contributed by atoms with Crippen molar-refractivity contribution in [3.05, 3.63) is 119 Å². The van der Waals surface area contributed by atoms with Gasteiger partial charge in [-0.05, 0) is 52.8 Å². The van der Waals surface area contributed by atoms with E-state index in [1.54, 1.807) is 12.1 Å². The van der Waals surface area contributed by atoms with E-state index in [0.29, 0.717) is 0 Å². The standard InChI is InChI=1S/C25H19F/c26-20-15-16-22-21-13-7-8-14-23(21)25(24(22)17-20,18-9-3-1-4-10-18)19-11-5-2-6-12-19/h1-5,7-11,13-17H,6,12H2. The van der Waals surface area contributed by atoms with Crippen LogP contribution in [0.4, 0.5) is 4.39 Å². The van der Waals surface area contributed by atoms with E-state index in [9.17, 15) is 4.39 Å².